The van der Waals surface area contributed by atoms with Gasteiger partial charge in [0.25, 0.3) is 0 Å². The van der Waals surface area contributed by atoms with E-state index in [9.17, 15) is 22.8 Å². The first kappa shape index (κ1) is 26.6. The Hall–Kier alpha value is -2.43. The molecule has 0 bridgehead atoms. The lowest BCUT2D eigenvalue weighted by Crippen LogP contribution is -2.26. The number of benzene rings is 2. The molecule has 0 unspecified atom stereocenters. The third kappa shape index (κ3) is 11.5. The van der Waals surface area contributed by atoms with Crippen LogP contribution in [-0.2, 0) is 28.6 Å². The highest BCUT2D eigenvalue weighted by Gasteiger charge is 2.30. The maximum atomic E-state index is 12.4. The number of nitrogens with two attached hydrogens (primary N) is 2. The van der Waals surface area contributed by atoms with Gasteiger partial charge in [0.2, 0.25) is 0 Å². The number of hydrogen-bond acceptors (Lipinski definition) is 4. The maximum Gasteiger partial charge on any atom is 0.416 e. The van der Waals surface area contributed by atoms with Crippen molar-refractivity contribution in [1.82, 2.24) is 0 Å². The highest BCUT2D eigenvalue weighted by atomic mass is 79.9. The van der Waals surface area contributed by atoms with E-state index in [1.54, 1.807) is 0 Å². The van der Waals surface area contributed by atoms with Crippen molar-refractivity contribution in [2.75, 3.05) is 0 Å². The summed E-state index contributed by atoms with van der Waals surface area (Å²) in [6.07, 6.45) is -3.95. The average Bonchev–Trinajstić information content (AvgIpc) is 2.62. The first-order valence-electron chi connectivity index (χ1n) is 9.22. The van der Waals surface area contributed by atoms with Crippen molar-refractivity contribution >= 4 is 27.9 Å². The number of alkyl halides is 3. The van der Waals surface area contributed by atoms with E-state index in [2.05, 4.69) is 15.9 Å². The van der Waals surface area contributed by atoms with Gasteiger partial charge >= 0.3 is 18.1 Å². The molecule has 0 aliphatic heterocycles. The molecule has 0 amide bonds. The van der Waals surface area contributed by atoms with Crippen molar-refractivity contribution < 1.29 is 33.0 Å². The van der Waals surface area contributed by atoms with Gasteiger partial charge in [-0.1, -0.05) is 46.3 Å². The zero-order valence-corrected chi connectivity index (χ0v) is 18.1. The van der Waals surface area contributed by atoms with Gasteiger partial charge in [-0.2, -0.15) is 13.2 Å². The van der Waals surface area contributed by atoms with Crippen LogP contribution < -0.4 is 11.5 Å². The number of hydrogen-bond donors (Lipinski definition) is 4. The van der Waals surface area contributed by atoms with Crippen LogP contribution >= 0.6 is 15.9 Å². The Morgan fingerprint density at radius 2 is 1.35 bits per heavy atom. The summed E-state index contributed by atoms with van der Waals surface area (Å²) in [4.78, 5) is 20.7. The number of carbonyl (C=O) groups is 2. The summed E-state index contributed by atoms with van der Waals surface area (Å²) >= 11 is 3.33. The van der Waals surface area contributed by atoms with Crippen molar-refractivity contribution in [1.29, 1.82) is 0 Å². The average molecular weight is 505 g/mol. The molecule has 2 atom stereocenters. The number of carboxylic acid groups (broad SMARTS) is 2. The zero-order valence-electron chi connectivity index (χ0n) is 16.5. The minimum Gasteiger partial charge on any atom is -0.481 e. The molecule has 6 N–H and O–H groups in total. The third-order valence-corrected chi connectivity index (χ3v) is 4.57. The van der Waals surface area contributed by atoms with Gasteiger partial charge in [0.1, 0.15) is 0 Å². The fraction of sp³-hybridized carbons (Fsp3) is 0.333. The van der Waals surface area contributed by atoms with E-state index in [0.29, 0.717) is 12.0 Å². The predicted molar refractivity (Wildman–Crippen MR) is 113 cm³/mol. The maximum absolute atomic E-state index is 12.4. The van der Waals surface area contributed by atoms with Gasteiger partial charge in [0.05, 0.1) is 18.4 Å². The summed E-state index contributed by atoms with van der Waals surface area (Å²) in [5.41, 5.74) is 11.8. The second-order valence-electron chi connectivity index (χ2n) is 6.95. The normalized spacial score (nSPS) is 13.0. The highest BCUT2D eigenvalue weighted by molar-refractivity contribution is 9.10. The zero-order chi connectivity index (χ0) is 23.6. The minimum absolute atomic E-state index is 0.00998. The molecule has 170 valence electrons. The lowest BCUT2D eigenvalue weighted by Gasteiger charge is -2.11. The van der Waals surface area contributed by atoms with Crippen molar-refractivity contribution in [3.8, 4) is 0 Å². The van der Waals surface area contributed by atoms with E-state index in [1.165, 1.54) is 12.1 Å². The van der Waals surface area contributed by atoms with Crippen LogP contribution in [0.4, 0.5) is 13.2 Å². The van der Waals surface area contributed by atoms with Crippen LogP contribution in [-0.4, -0.2) is 34.2 Å². The first-order valence-corrected chi connectivity index (χ1v) is 10.0. The minimum atomic E-state index is -4.40. The van der Waals surface area contributed by atoms with Gasteiger partial charge in [-0.3, -0.25) is 9.59 Å². The van der Waals surface area contributed by atoms with Crippen LogP contribution in [0.25, 0.3) is 0 Å². The Morgan fingerprint density at radius 3 is 1.81 bits per heavy atom. The van der Waals surface area contributed by atoms with E-state index in [4.69, 9.17) is 21.7 Å². The Morgan fingerprint density at radius 1 is 0.871 bits per heavy atom. The lowest BCUT2D eigenvalue weighted by atomic mass is 10.0. The SMILES string of the molecule is N[C@@H](CC(=O)O)Cc1ccc(Br)cc1.N[C@@H](CC(=O)O)Cc1cccc(C(F)(F)F)c1. The van der Waals surface area contributed by atoms with Gasteiger partial charge in [0, 0.05) is 16.6 Å². The highest BCUT2D eigenvalue weighted by Crippen LogP contribution is 2.29. The van der Waals surface area contributed by atoms with Crippen LogP contribution in [0, 0.1) is 0 Å². The lowest BCUT2D eigenvalue weighted by molar-refractivity contribution is -0.138. The quantitative estimate of drug-likeness (QED) is 0.432. The molecule has 0 radical (unpaired) electrons. The van der Waals surface area contributed by atoms with Gasteiger partial charge in [-0.15, -0.1) is 0 Å². The van der Waals surface area contributed by atoms with Gasteiger partial charge in [-0.05, 0) is 42.2 Å². The molecular formula is C21H24BrF3N2O4. The van der Waals surface area contributed by atoms with Crippen LogP contribution in [0.1, 0.15) is 29.5 Å². The summed E-state index contributed by atoms with van der Waals surface area (Å²) in [5.74, 6) is -1.92. The Balaban J connectivity index is 0.000000316. The van der Waals surface area contributed by atoms with E-state index < -0.39 is 29.7 Å². The smallest absolute Gasteiger partial charge is 0.416 e. The molecule has 0 aliphatic carbocycles. The molecule has 2 aromatic carbocycles. The fourth-order valence-corrected chi connectivity index (χ4v) is 2.96. The Labute approximate surface area is 186 Å². The van der Waals surface area contributed by atoms with E-state index >= 15 is 0 Å². The summed E-state index contributed by atoms with van der Waals surface area (Å²) in [7, 11) is 0. The van der Waals surface area contributed by atoms with Crippen LogP contribution in [0.2, 0.25) is 0 Å². The van der Waals surface area contributed by atoms with E-state index in [-0.39, 0.29) is 25.3 Å². The van der Waals surface area contributed by atoms with Crippen LogP contribution in [0.15, 0.2) is 53.0 Å². The van der Waals surface area contributed by atoms with Gasteiger partial charge < -0.3 is 21.7 Å². The molecule has 2 aromatic rings. The standard InChI is InChI=1S/C11H12F3NO2.C10H12BrNO2/c12-11(13,14)8-3-1-2-7(4-8)5-9(15)6-10(16)17;11-8-3-1-7(2-4-8)5-9(12)6-10(13)14/h1-4,9H,5-6,15H2,(H,16,17);1-4,9H,5-6,12H2,(H,13,14)/t2*9-/m11/s1. The molecule has 0 saturated carbocycles. The largest absolute Gasteiger partial charge is 0.481 e. The van der Waals surface area contributed by atoms with Gasteiger partial charge in [-0.25, -0.2) is 0 Å². The summed E-state index contributed by atoms with van der Waals surface area (Å²) in [6, 6.07) is 11.4. The number of carboxylic acids is 2. The van der Waals surface area contributed by atoms with Gasteiger partial charge in [0.15, 0.2) is 0 Å². The molecule has 0 heterocycles. The summed E-state index contributed by atoms with van der Waals surface area (Å²) in [5, 5.41) is 17.0. The number of halogens is 4. The first-order chi connectivity index (χ1) is 14.4. The molecule has 0 aliphatic rings. The molecule has 31 heavy (non-hydrogen) atoms. The summed E-state index contributed by atoms with van der Waals surface area (Å²) in [6.45, 7) is 0. The monoisotopic (exact) mass is 504 g/mol. The molecular weight excluding hydrogens is 481 g/mol. The van der Waals surface area contributed by atoms with Crippen LogP contribution in [0.5, 0.6) is 0 Å². The molecule has 0 saturated heterocycles. The van der Waals surface area contributed by atoms with Crippen molar-refractivity contribution in [2.45, 2.75) is 43.9 Å². The number of aliphatic carboxylic acids is 2. The fourth-order valence-electron chi connectivity index (χ4n) is 2.69. The molecule has 2 rings (SSSR count). The Kier molecular flexibility index (Phi) is 10.7. The molecule has 0 spiro atoms. The number of rotatable bonds is 8. The Bertz CT molecular complexity index is 860. The van der Waals surface area contributed by atoms with Crippen molar-refractivity contribution in [3.05, 3.63) is 69.7 Å². The molecule has 0 aromatic heterocycles. The second-order valence-corrected chi connectivity index (χ2v) is 7.86. The summed E-state index contributed by atoms with van der Waals surface area (Å²) < 4.78 is 38.2. The van der Waals surface area contributed by atoms with E-state index in [1.807, 2.05) is 24.3 Å². The van der Waals surface area contributed by atoms with Crippen molar-refractivity contribution in [3.63, 3.8) is 0 Å². The van der Waals surface area contributed by atoms with Crippen molar-refractivity contribution in [2.24, 2.45) is 11.5 Å². The second kappa shape index (κ2) is 12.4. The predicted octanol–water partition coefficient (Wildman–Crippen LogP) is 3.84. The third-order valence-electron chi connectivity index (χ3n) is 4.04. The van der Waals surface area contributed by atoms with Crippen LogP contribution in [0.3, 0.4) is 0 Å². The molecule has 10 heteroatoms. The molecule has 6 nitrogen and oxygen atoms in total. The molecule has 0 fully saturated rings. The van der Waals surface area contributed by atoms with E-state index in [0.717, 1.165) is 22.2 Å². The topological polar surface area (TPSA) is 127 Å².